The number of rotatable bonds is 3. The third-order valence-electron chi connectivity index (χ3n) is 4.50. The van der Waals surface area contributed by atoms with Crippen molar-refractivity contribution in [3.63, 3.8) is 0 Å². The first-order valence-corrected chi connectivity index (χ1v) is 8.12. The molecule has 1 fully saturated rings. The van der Waals surface area contributed by atoms with Crippen molar-refractivity contribution in [3.8, 4) is 0 Å². The van der Waals surface area contributed by atoms with Gasteiger partial charge in [0.25, 0.3) is 0 Å². The third kappa shape index (κ3) is 3.71. The van der Waals surface area contributed by atoms with Crippen LogP contribution in [0.15, 0.2) is 24.3 Å². The van der Waals surface area contributed by atoms with Crippen LogP contribution in [0.4, 0.5) is 0 Å². The molecule has 2 atom stereocenters. The Hall–Kier alpha value is -1.92. The summed E-state index contributed by atoms with van der Waals surface area (Å²) in [6, 6.07) is 7.79. The molecule has 2 aliphatic rings. The van der Waals surface area contributed by atoms with Gasteiger partial charge in [0.15, 0.2) is 0 Å². The Bertz CT molecular complexity index is 590. The highest BCUT2D eigenvalue weighted by Crippen LogP contribution is 2.18. The predicted molar refractivity (Wildman–Crippen MR) is 85.8 cm³/mol. The quantitative estimate of drug-likeness (QED) is 0.827. The van der Waals surface area contributed by atoms with E-state index in [2.05, 4.69) is 22.8 Å². The standard InChI is InChI=1S/C17H23N3O3/c1-12-16(18-7-9-23-12)17(22)19-10-15(21)20-8-6-13-4-2-3-5-14(13)11-20/h2-5,12,16,18H,6-11H2,1H3,(H,19,22)/t12-,16+/m1/s1. The lowest BCUT2D eigenvalue weighted by atomic mass is 10.00. The fourth-order valence-corrected chi connectivity index (χ4v) is 3.12. The van der Waals surface area contributed by atoms with E-state index in [1.165, 1.54) is 11.1 Å². The Labute approximate surface area is 136 Å². The molecule has 23 heavy (non-hydrogen) atoms. The fraction of sp³-hybridized carbons (Fsp3) is 0.529. The van der Waals surface area contributed by atoms with E-state index in [4.69, 9.17) is 4.74 Å². The van der Waals surface area contributed by atoms with Crippen LogP contribution in [0.3, 0.4) is 0 Å². The minimum Gasteiger partial charge on any atom is -0.375 e. The van der Waals surface area contributed by atoms with E-state index in [1.807, 2.05) is 19.1 Å². The first-order chi connectivity index (χ1) is 11.1. The summed E-state index contributed by atoms with van der Waals surface area (Å²) in [4.78, 5) is 26.3. The number of benzene rings is 1. The number of nitrogens with zero attached hydrogens (tertiary/aromatic N) is 1. The summed E-state index contributed by atoms with van der Waals surface area (Å²) >= 11 is 0. The molecule has 2 amide bonds. The van der Waals surface area contributed by atoms with Gasteiger partial charge in [0.1, 0.15) is 6.04 Å². The van der Waals surface area contributed by atoms with Gasteiger partial charge in [-0.1, -0.05) is 24.3 Å². The first-order valence-electron chi connectivity index (χ1n) is 8.12. The second-order valence-corrected chi connectivity index (χ2v) is 6.06. The smallest absolute Gasteiger partial charge is 0.242 e. The molecule has 0 aromatic heterocycles. The highest BCUT2D eigenvalue weighted by molar-refractivity contribution is 5.88. The van der Waals surface area contributed by atoms with Gasteiger partial charge in [-0.3, -0.25) is 9.59 Å². The third-order valence-corrected chi connectivity index (χ3v) is 4.50. The molecular formula is C17H23N3O3. The van der Waals surface area contributed by atoms with Crippen LogP contribution in [-0.4, -0.2) is 55.1 Å². The van der Waals surface area contributed by atoms with E-state index in [-0.39, 0.29) is 24.5 Å². The molecule has 0 spiro atoms. The van der Waals surface area contributed by atoms with Crippen molar-refractivity contribution in [2.24, 2.45) is 0 Å². The van der Waals surface area contributed by atoms with Gasteiger partial charge < -0.3 is 20.3 Å². The zero-order chi connectivity index (χ0) is 16.2. The Morgan fingerprint density at radius 1 is 1.35 bits per heavy atom. The van der Waals surface area contributed by atoms with Crippen molar-refractivity contribution in [3.05, 3.63) is 35.4 Å². The van der Waals surface area contributed by atoms with Crippen LogP contribution in [0.5, 0.6) is 0 Å². The molecule has 1 aromatic carbocycles. The fourth-order valence-electron chi connectivity index (χ4n) is 3.12. The second kappa shape index (κ2) is 7.10. The Balaban J connectivity index is 1.51. The lowest BCUT2D eigenvalue weighted by molar-refractivity contribution is -0.136. The van der Waals surface area contributed by atoms with Crippen molar-refractivity contribution in [1.82, 2.24) is 15.5 Å². The predicted octanol–water partition coefficient (Wildman–Crippen LogP) is 0.0644. The number of amides is 2. The summed E-state index contributed by atoms with van der Waals surface area (Å²) < 4.78 is 5.46. The SMILES string of the molecule is C[C@H]1OCCN[C@@H]1C(=O)NCC(=O)N1CCc2ccccc2C1. The van der Waals surface area contributed by atoms with Crippen LogP contribution in [0, 0.1) is 0 Å². The largest absolute Gasteiger partial charge is 0.375 e. The van der Waals surface area contributed by atoms with Gasteiger partial charge in [-0.25, -0.2) is 0 Å². The van der Waals surface area contributed by atoms with Crippen molar-refractivity contribution in [2.45, 2.75) is 32.0 Å². The number of fused-ring (bicyclic) bond motifs is 1. The lowest BCUT2D eigenvalue weighted by Crippen LogP contribution is -2.56. The minimum atomic E-state index is -0.390. The van der Waals surface area contributed by atoms with Crippen molar-refractivity contribution < 1.29 is 14.3 Å². The highest BCUT2D eigenvalue weighted by Gasteiger charge is 2.29. The summed E-state index contributed by atoms with van der Waals surface area (Å²) in [6.45, 7) is 4.47. The topological polar surface area (TPSA) is 70.7 Å². The van der Waals surface area contributed by atoms with Crippen LogP contribution < -0.4 is 10.6 Å². The van der Waals surface area contributed by atoms with Crippen molar-refractivity contribution in [2.75, 3.05) is 26.2 Å². The summed E-state index contributed by atoms with van der Waals surface area (Å²) in [7, 11) is 0. The highest BCUT2D eigenvalue weighted by atomic mass is 16.5. The number of carbonyl (C=O) groups excluding carboxylic acids is 2. The Morgan fingerprint density at radius 3 is 2.91 bits per heavy atom. The molecule has 2 heterocycles. The van der Waals surface area contributed by atoms with Crippen LogP contribution in [0.1, 0.15) is 18.1 Å². The van der Waals surface area contributed by atoms with Gasteiger partial charge in [0.05, 0.1) is 19.3 Å². The number of ether oxygens (including phenoxy) is 1. The summed E-state index contributed by atoms with van der Waals surface area (Å²) in [5, 5.41) is 5.85. The Kier molecular flexibility index (Phi) is 4.93. The second-order valence-electron chi connectivity index (χ2n) is 6.06. The van der Waals surface area contributed by atoms with Crippen LogP contribution in [0.25, 0.3) is 0 Å². The molecule has 124 valence electrons. The average molecular weight is 317 g/mol. The maximum Gasteiger partial charge on any atom is 0.242 e. The molecule has 1 saturated heterocycles. The molecule has 0 aliphatic carbocycles. The van der Waals surface area contributed by atoms with E-state index in [1.54, 1.807) is 4.90 Å². The molecule has 6 nitrogen and oxygen atoms in total. The zero-order valence-corrected chi connectivity index (χ0v) is 13.4. The molecule has 6 heteroatoms. The maximum atomic E-state index is 12.3. The van der Waals surface area contributed by atoms with E-state index < -0.39 is 6.04 Å². The van der Waals surface area contributed by atoms with Crippen molar-refractivity contribution in [1.29, 1.82) is 0 Å². The molecule has 1 aromatic rings. The molecule has 2 aliphatic heterocycles. The normalized spacial score (nSPS) is 24.0. The van der Waals surface area contributed by atoms with Gasteiger partial charge in [0.2, 0.25) is 11.8 Å². The number of nitrogens with one attached hydrogen (secondary N) is 2. The Morgan fingerprint density at radius 2 is 2.13 bits per heavy atom. The number of hydrogen-bond acceptors (Lipinski definition) is 4. The van der Waals surface area contributed by atoms with Gasteiger partial charge in [-0.2, -0.15) is 0 Å². The molecule has 0 bridgehead atoms. The van der Waals surface area contributed by atoms with Crippen LogP contribution in [-0.2, 0) is 27.3 Å². The molecule has 0 unspecified atom stereocenters. The lowest BCUT2D eigenvalue weighted by Gasteiger charge is -2.31. The maximum absolute atomic E-state index is 12.3. The first kappa shape index (κ1) is 16.0. The zero-order valence-electron chi connectivity index (χ0n) is 13.4. The van der Waals surface area contributed by atoms with Crippen LogP contribution in [0.2, 0.25) is 0 Å². The van der Waals surface area contributed by atoms with E-state index >= 15 is 0 Å². The molecular weight excluding hydrogens is 294 g/mol. The van der Waals surface area contributed by atoms with Gasteiger partial charge in [0, 0.05) is 19.6 Å². The van der Waals surface area contributed by atoms with Crippen molar-refractivity contribution >= 4 is 11.8 Å². The van der Waals surface area contributed by atoms with E-state index in [0.29, 0.717) is 26.2 Å². The molecule has 2 N–H and O–H groups in total. The monoisotopic (exact) mass is 317 g/mol. The minimum absolute atomic E-state index is 0.0336. The summed E-state index contributed by atoms with van der Waals surface area (Å²) in [5.41, 5.74) is 2.49. The number of carbonyl (C=O) groups is 2. The van der Waals surface area contributed by atoms with Gasteiger partial charge >= 0.3 is 0 Å². The molecule has 3 rings (SSSR count). The molecule has 0 saturated carbocycles. The van der Waals surface area contributed by atoms with E-state index in [9.17, 15) is 9.59 Å². The van der Waals surface area contributed by atoms with Gasteiger partial charge in [-0.15, -0.1) is 0 Å². The number of morpholine rings is 1. The van der Waals surface area contributed by atoms with Gasteiger partial charge in [-0.05, 0) is 24.5 Å². The van der Waals surface area contributed by atoms with Crippen LogP contribution >= 0.6 is 0 Å². The number of hydrogen-bond donors (Lipinski definition) is 2. The summed E-state index contributed by atoms with van der Waals surface area (Å²) in [5.74, 6) is -0.222. The summed E-state index contributed by atoms with van der Waals surface area (Å²) in [6.07, 6.45) is 0.686. The van der Waals surface area contributed by atoms with E-state index in [0.717, 1.165) is 6.42 Å². The average Bonchev–Trinajstić information content (AvgIpc) is 2.59. The molecule has 0 radical (unpaired) electrons.